The van der Waals surface area contributed by atoms with Crippen molar-refractivity contribution in [3.05, 3.63) is 28.3 Å². The molecule has 4 nitrogen and oxygen atoms in total. The fourth-order valence-electron chi connectivity index (χ4n) is 3.23. The monoisotopic (exact) mass is 278 g/mol. The second-order valence-electron chi connectivity index (χ2n) is 5.23. The lowest BCUT2D eigenvalue weighted by atomic mass is 9.99. The van der Waals surface area contributed by atoms with Crippen LogP contribution in [0.15, 0.2) is 10.4 Å². The number of rotatable bonds is 1. The molecule has 0 saturated carbocycles. The third kappa shape index (κ3) is 2.39. The number of benzene rings is 1. The summed E-state index contributed by atoms with van der Waals surface area (Å²) in [7, 11) is -1.78. The zero-order valence-corrected chi connectivity index (χ0v) is 11.9. The molecule has 0 aliphatic heterocycles. The van der Waals surface area contributed by atoms with Crippen LogP contribution in [0.4, 0.5) is 10.5 Å². The van der Waals surface area contributed by atoms with E-state index in [1.54, 1.807) is 0 Å². The highest BCUT2D eigenvalue weighted by molar-refractivity contribution is 7.74. The van der Waals surface area contributed by atoms with Gasteiger partial charge in [0.1, 0.15) is 0 Å². The summed E-state index contributed by atoms with van der Waals surface area (Å²) in [6.45, 7) is 0. The molecule has 1 unspecified atom stereocenters. The summed E-state index contributed by atoms with van der Waals surface area (Å²) in [6, 6.07) is 1.84. The van der Waals surface area contributed by atoms with Crippen molar-refractivity contribution < 1.29 is 9.00 Å². The van der Waals surface area contributed by atoms with Crippen LogP contribution >= 0.6 is 0 Å². The number of nitrogens with one attached hydrogen (secondary N) is 1. The van der Waals surface area contributed by atoms with Crippen LogP contribution in [-0.4, -0.2) is 16.5 Å². The summed E-state index contributed by atoms with van der Waals surface area (Å²) in [4.78, 5) is 11.8. The Morgan fingerprint density at radius 3 is 2.26 bits per heavy atom. The molecule has 2 aliphatic carbocycles. The molecule has 0 bridgehead atoms. The van der Waals surface area contributed by atoms with Gasteiger partial charge < -0.3 is 5.32 Å². The molecular formula is C14H18N2O2S. The molecule has 0 radical (unpaired) electrons. The molecule has 0 fully saturated rings. The van der Waals surface area contributed by atoms with E-state index < -0.39 is 16.6 Å². The molecule has 1 aromatic carbocycles. The SMILES string of the molecule is C/[SH](=O)=N/C(=O)Nc1c2c(cc3c1CCC3)CCC2. The Kier molecular flexibility index (Phi) is 3.31. The van der Waals surface area contributed by atoms with Gasteiger partial charge in [-0.25, -0.2) is 4.79 Å². The highest BCUT2D eigenvalue weighted by Crippen LogP contribution is 2.38. The fraction of sp³-hybridized carbons (Fsp3) is 0.500. The van der Waals surface area contributed by atoms with Gasteiger partial charge in [0.2, 0.25) is 0 Å². The van der Waals surface area contributed by atoms with Crippen molar-refractivity contribution in [2.24, 2.45) is 4.36 Å². The summed E-state index contributed by atoms with van der Waals surface area (Å²) in [5, 5.41) is 2.88. The normalized spacial score (nSPS) is 18.2. The first-order valence-electron chi connectivity index (χ1n) is 6.75. The summed E-state index contributed by atoms with van der Waals surface area (Å²) in [5.41, 5.74) is 6.26. The lowest BCUT2D eigenvalue weighted by Crippen LogP contribution is -2.11. The van der Waals surface area contributed by atoms with Gasteiger partial charge in [-0.2, -0.15) is 0 Å². The second kappa shape index (κ2) is 4.96. The van der Waals surface area contributed by atoms with E-state index in [9.17, 15) is 9.00 Å². The minimum Gasteiger partial charge on any atom is -0.305 e. The molecule has 19 heavy (non-hydrogen) atoms. The predicted molar refractivity (Wildman–Crippen MR) is 77.4 cm³/mol. The van der Waals surface area contributed by atoms with Crippen molar-refractivity contribution in [2.75, 3.05) is 11.6 Å². The molecule has 2 amide bonds. The smallest absolute Gasteiger partial charge is 0.305 e. The fourth-order valence-corrected chi connectivity index (χ4v) is 3.53. The Hall–Kier alpha value is -1.36. The maximum absolute atomic E-state index is 11.8. The lowest BCUT2D eigenvalue weighted by molar-refractivity contribution is 0.260. The Labute approximate surface area is 114 Å². The lowest BCUT2D eigenvalue weighted by Gasteiger charge is -2.14. The molecule has 1 N–H and O–H groups in total. The number of carbonyl (C=O) groups is 1. The third-order valence-electron chi connectivity index (χ3n) is 3.94. The second-order valence-corrected chi connectivity index (χ2v) is 6.36. The van der Waals surface area contributed by atoms with E-state index in [-0.39, 0.29) is 0 Å². The number of fused-ring (bicyclic) bond motifs is 2. The van der Waals surface area contributed by atoms with Crippen molar-refractivity contribution in [3.63, 3.8) is 0 Å². The van der Waals surface area contributed by atoms with E-state index in [1.165, 1.54) is 28.5 Å². The number of nitrogens with zero attached hydrogens (tertiary/aromatic N) is 1. The van der Waals surface area contributed by atoms with E-state index >= 15 is 0 Å². The van der Waals surface area contributed by atoms with Crippen molar-refractivity contribution in [1.29, 1.82) is 0 Å². The van der Waals surface area contributed by atoms with Crippen LogP contribution in [0.5, 0.6) is 0 Å². The number of amides is 2. The molecule has 3 rings (SSSR count). The predicted octanol–water partition coefficient (Wildman–Crippen LogP) is 2.49. The van der Waals surface area contributed by atoms with Crippen molar-refractivity contribution >= 4 is 22.3 Å². The van der Waals surface area contributed by atoms with Gasteiger partial charge in [0.05, 0.1) is 0 Å². The molecule has 1 atom stereocenters. The molecule has 102 valence electrons. The number of carbonyl (C=O) groups excluding carboxylic acids is 1. The highest BCUT2D eigenvalue weighted by atomic mass is 32.2. The number of hydrogen-bond acceptors (Lipinski definition) is 2. The van der Waals surface area contributed by atoms with Crippen LogP contribution in [0.3, 0.4) is 0 Å². The summed E-state index contributed by atoms with van der Waals surface area (Å²) < 4.78 is 14.6. The first-order chi connectivity index (χ1) is 9.15. The average Bonchev–Trinajstić information content (AvgIpc) is 2.94. The van der Waals surface area contributed by atoms with Gasteiger partial charge >= 0.3 is 6.03 Å². The van der Waals surface area contributed by atoms with Crippen molar-refractivity contribution in [2.45, 2.75) is 38.5 Å². The quantitative estimate of drug-likeness (QED) is 0.775. The topological polar surface area (TPSA) is 58.5 Å². The number of hydrogen-bond donors (Lipinski definition) is 2. The third-order valence-corrected chi connectivity index (χ3v) is 4.40. The minimum atomic E-state index is -1.78. The van der Waals surface area contributed by atoms with Gasteiger partial charge in [0.15, 0.2) is 0 Å². The average molecular weight is 278 g/mol. The van der Waals surface area contributed by atoms with Gasteiger partial charge in [-0.1, -0.05) is 6.07 Å². The van der Waals surface area contributed by atoms with E-state index in [4.69, 9.17) is 0 Å². The van der Waals surface area contributed by atoms with E-state index in [1.807, 2.05) is 0 Å². The molecule has 0 spiro atoms. The molecule has 2 aliphatic rings. The van der Waals surface area contributed by atoms with Gasteiger partial charge in [-0.15, -0.1) is 4.36 Å². The van der Waals surface area contributed by atoms with Gasteiger partial charge in [-0.3, -0.25) is 4.21 Å². The van der Waals surface area contributed by atoms with Crippen LogP contribution < -0.4 is 5.32 Å². The zero-order valence-electron chi connectivity index (χ0n) is 11.0. The first-order valence-corrected chi connectivity index (χ1v) is 8.41. The summed E-state index contributed by atoms with van der Waals surface area (Å²) >= 11 is 0. The Morgan fingerprint density at radius 2 is 1.74 bits per heavy atom. The number of urea groups is 1. The standard InChI is InChI=1S/C14H18N2O2S/c1-19(18)16-14(17)15-13-11-6-2-4-9(11)8-10-5-3-7-12(10)13/h8,19H,2-7H2,1H3,(H,15,17). The Morgan fingerprint density at radius 1 is 1.16 bits per heavy atom. The van der Waals surface area contributed by atoms with E-state index in [0.29, 0.717) is 0 Å². The van der Waals surface area contributed by atoms with E-state index in [2.05, 4.69) is 15.7 Å². The zero-order chi connectivity index (χ0) is 13.4. The first kappa shape index (κ1) is 12.7. The van der Waals surface area contributed by atoms with Gasteiger partial charge in [-0.05, 0) is 60.8 Å². The number of anilines is 1. The number of thiol groups is 1. The number of aryl methyl sites for hydroxylation is 2. The molecule has 0 aromatic heterocycles. The van der Waals surface area contributed by atoms with Crippen LogP contribution in [-0.2, 0) is 36.3 Å². The Balaban J connectivity index is 2.03. The van der Waals surface area contributed by atoms with Crippen LogP contribution in [0.25, 0.3) is 0 Å². The molecule has 1 aromatic rings. The molecule has 0 heterocycles. The highest BCUT2D eigenvalue weighted by Gasteiger charge is 2.24. The maximum atomic E-state index is 11.8. The largest absolute Gasteiger partial charge is 0.353 e. The van der Waals surface area contributed by atoms with E-state index in [0.717, 1.165) is 44.2 Å². The van der Waals surface area contributed by atoms with Crippen LogP contribution in [0.1, 0.15) is 35.1 Å². The molecule has 0 saturated heterocycles. The van der Waals surface area contributed by atoms with Crippen LogP contribution in [0.2, 0.25) is 0 Å². The van der Waals surface area contributed by atoms with Gasteiger partial charge in [0, 0.05) is 22.5 Å². The molecular weight excluding hydrogens is 260 g/mol. The summed E-state index contributed by atoms with van der Waals surface area (Å²) in [6.07, 6.45) is 8.00. The van der Waals surface area contributed by atoms with Crippen molar-refractivity contribution in [1.82, 2.24) is 0 Å². The maximum Gasteiger partial charge on any atom is 0.353 e. The summed E-state index contributed by atoms with van der Waals surface area (Å²) in [5.74, 6) is 0. The Bertz CT molecular complexity index is 599. The van der Waals surface area contributed by atoms with Crippen molar-refractivity contribution in [3.8, 4) is 0 Å². The van der Waals surface area contributed by atoms with Gasteiger partial charge in [0.25, 0.3) is 0 Å². The van der Waals surface area contributed by atoms with Crippen LogP contribution in [0, 0.1) is 0 Å². The molecule has 5 heteroatoms. The minimum absolute atomic E-state index is 0.474.